The first-order valence-corrected chi connectivity index (χ1v) is 7.16. The van der Waals surface area contributed by atoms with Crippen LogP contribution in [-0.2, 0) is 9.59 Å². The molecule has 1 rings (SSSR count). The lowest BCUT2D eigenvalue weighted by atomic mass is 10.1. The molecule has 0 aliphatic rings. The van der Waals surface area contributed by atoms with Crippen LogP contribution in [0.5, 0.6) is 5.75 Å². The van der Waals surface area contributed by atoms with Crippen LogP contribution in [0.1, 0.15) is 20.8 Å². The van der Waals surface area contributed by atoms with Crippen molar-refractivity contribution in [2.45, 2.75) is 26.9 Å². The molecule has 1 aromatic carbocycles. The Morgan fingerprint density at radius 2 is 1.86 bits per heavy atom. The number of carbonyl (C=O) groups is 2. The summed E-state index contributed by atoms with van der Waals surface area (Å²) in [5.41, 5.74) is 0. The fraction of sp³-hybridized carbons (Fsp3) is 0.467. The van der Waals surface area contributed by atoms with Gasteiger partial charge in [-0.3, -0.25) is 9.59 Å². The molecule has 0 radical (unpaired) electrons. The van der Waals surface area contributed by atoms with Crippen molar-refractivity contribution in [3.05, 3.63) is 29.3 Å². The number of likely N-dealkylation sites (N-methyl/N-ethyl adjacent to an activating group) is 1. The summed E-state index contributed by atoms with van der Waals surface area (Å²) in [5.74, 6) is -1.23. The zero-order valence-corrected chi connectivity index (χ0v) is 13.1. The summed E-state index contributed by atoms with van der Waals surface area (Å²) in [6.45, 7) is 5.62. The first-order valence-electron chi connectivity index (χ1n) is 6.79. The second-order valence-corrected chi connectivity index (χ2v) is 5.27. The molecule has 5 nitrogen and oxygen atoms in total. The number of carboxylic acids is 1. The summed E-state index contributed by atoms with van der Waals surface area (Å²) in [7, 11) is 0. The van der Waals surface area contributed by atoms with Gasteiger partial charge >= 0.3 is 5.97 Å². The highest BCUT2D eigenvalue weighted by Crippen LogP contribution is 2.17. The maximum Gasteiger partial charge on any atom is 0.308 e. The highest BCUT2D eigenvalue weighted by atomic mass is 35.5. The van der Waals surface area contributed by atoms with Crippen LogP contribution in [0.3, 0.4) is 0 Å². The monoisotopic (exact) mass is 313 g/mol. The Hall–Kier alpha value is -1.75. The Morgan fingerprint density at radius 1 is 1.29 bits per heavy atom. The van der Waals surface area contributed by atoms with Crippen LogP contribution in [0.4, 0.5) is 0 Å². The highest BCUT2D eigenvalue weighted by Gasteiger charge is 2.24. The minimum absolute atomic E-state index is 0.166. The van der Waals surface area contributed by atoms with Crippen molar-refractivity contribution in [1.82, 2.24) is 4.90 Å². The minimum Gasteiger partial charge on any atom is -0.481 e. The Bertz CT molecular complexity index is 489. The predicted molar refractivity (Wildman–Crippen MR) is 80.6 cm³/mol. The zero-order chi connectivity index (χ0) is 16.0. The van der Waals surface area contributed by atoms with Crippen molar-refractivity contribution >= 4 is 23.5 Å². The fourth-order valence-corrected chi connectivity index (χ4v) is 1.93. The molecule has 0 heterocycles. The topological polar surface area (TPSA) is 66.8 Å². The first kappa shape index (κ1) is 17.3. The maximum absolute atomic E-state index is 12.3. The lowest BCUT2D eigenvalue weighted by Gasteiger charge is -2.26. The molecule has 1 N–H and O–H groups in total. The van der Waals surface area contributed by atoms with Crippen LogP contribution in [0.2, 0.25) is 5.02 Å². The van der Waals surface area contributed by atoms with Crippen molar-refractivity contribution in [3.8, 4) is 5.75 Å². The van der Waals surface area contributed by atoms with E-state index in [0.717, 1.165) is 0 Å². The molecule has 21 heavy (non-hydrogen) atoms. The number of benzene rings is 1. The Balaban J connectivity index is 2.66. The Labute approximate surface area is 129 Å². The maximum atomic E-state index is 12.3. The molecule has 0 bridgehead atoms. The van der Waals surface area contributed by atoms with Gasteiger partial charge in [0, 0.05) is 18.1 Å². The summed E-state index contributed by atoms with van der Waals surface area (Å²) in [6.07, 6.45) is -0.688. The van der Waals surface area contributed by atoms with Crippen LogP contribution in [-0.4, -0.2) is 41.1 Å². The van der Waals surface area contributed by atoms with E-state index in [9.17, 15) is 9.59 Å². The average molecular weight is 314 g/mol. The molecular formula is C15H20ClNO4. The number of ether oxygens (including phenoxy) is 1. The van der Waals surface area contributed by atoms with Crippen LogP contribution >= 0.6 is 11.6 Å². The SMILES string of the molecule is CCN(CC(C)C(=O)O)C(=O)C(C)Oc1ccc(Cl)cc1. The van der Waals surface area contributed by atoms with Gasteiger partial charge in [-0.1, -0.05) is 18.5 Å². The van der Waals surface area contributed by atoms with Crippen LogP contribution < -0.4 is 4.74 Å². The molecule has 2 atom stereocenters. The normalized spacial score (nSPS) is 13.3. The largest absolute Gasteiger partial charge is 0.481 e. The van der Waals surface area contributed by atoms with E-state index < -0.39 is 18.0 Å². The molecule has 0 aliphatic carbocycles. The van der Waals surface area contributed by atoms with Gasteiger partial charge in [0.15, 0.2) is 6.10 Å². The summed E-state index contributed by atoms with van der Waals surface area (Å²) >= 11 is 5.78. The van der Waals surface area contributed by atoms with E-state index in [1.54, 1.807) is 38.1 Å². The quantitative estimate of drug-likeness (QED) is 0.840. The standard InChI is InChI=1S/C15H20ClNO4/c1-4-17(9-10(2)15(19)20)14(18)11(3)21-13-7-5-12(16)6-8-13/h5-8,10-11H,4,9H2,1-3H3,(H,19,20). The number of amides is 1. The summed E-state index contributed by atoms with van der Waals surface area (Å²) in [4.78, 5) is 24.7. The van der Waals surface area contributed by atoms with E-state index in [-0.39, 0.29) is 12.5 Å². The Kier molecular flexibility index (Phi) is 6.49. The number of carboxylic acid groups (broad SMARTS) is 1. The number of hydrogen-bond acceptors (Lipinski definition) is 3. The molecule has 0 fully saturated rings. The number of carbonyl (C=O) groups excluding carboxylic acids is 1. The van der Waals surface area contributed by atoms with E-state index in [2.05, 4.69) is 0 Å². The number of aliphatic carboxylic acids is 1. The first-order chi connectivity index (χ1) is 9.85. The van der Waals surface area contributed by atoms with Crippen molar-refractivity contribution < 1.29 is 19.4 Å². The van der Waals surface area contributed by atoms with E-state index >= 15 is 0 Å². The van der Waals surface area contributed by atoms with Crippen molar-refractivity contribution in [1.29, 1.82) is 0 Å². The van der Waals surface area contributed by atoms with Crippen LogP contribution in [0.15, 0.2) is 24.3 Å². The Morgan fingerprint density at radius 3 is 2.33 bits per heavy atom. The minimum atomic E-state index is -0.924. The molecule has 2 unspecified atom stereocenters. The van der Waals surface area contributed by atoms with Gasteiger partial charge in [-0.05, 0) is 38.1 Å². The molecule has 1 amide bonds. The summed E-state index contributed by atoms with van der Waals surface area (Å²) in [5, 5.41) is 9.52. The fourth-order valence-electron chi connectivity index (χ4n) is 1.81. The van der Waals surface area contributed by atoms with E-state index in [4.69, 9.17) is 21.4 Å². The van der Waals surface area contributed by atoms with Gasteiger partial charge in [0.05, 0.1) is 5.92 Å². The van der Waals surface area contributed by atoms with Crippen molar-refractivity contribution in [2.24, 2.45) is 5.92 Å². The highest BCUT2D eigenvalue weighted by molar-refractivity contribution is 6.30. The lowest BCUT2D eigenvalue weighted by molar-refractivity contribution is -0.144. The average Bonchev–Trinajstić information content (AvgIpc) is 2.45. The molecule has 0 saturated heterocycles. The van der Waals surface area contributed by atoms with Gasteiger partial charge in [0.1, 0.15) is 5.75 Å². The molecule has 6 heteroatoms. The molecular weight excluding hydrogens is 294 g/mol. The third-order valence-corrected chi connectivity index (χ3v) is 3.34. The third kappa shape index (κ3) is 5.27. The smallest absolute Gasteiger partial charge is 0.308 e. The van der Waals surface area contributed by atoms with Gasteiger partial charge in [-0.25, -0.2) is 0 Å². The molecule has 0 aromatic heterocycles. The van der Waals surface area contributed by atoms with Crippen molar-refractivity contribution in [3.63, 3.8) is 0 Å². The second kappa shape index (κ2) is 7.88. The number of hydrogen-bond donors (Lipinski definition) is 1. The zero-order valence-electron chi connectivity index (χ0n) is 12.4. The predicted octanol–water partition coefficient (Wildman–Crippen LogP) is 2.68. The summed E-state index contributed by atoms with van der Waals surface area (Å²) < 4.78 is 5.56. The number of nitrogens with zero attached hydrogens (tertiary/aromatic N) is 1. The molecule has 0 saturated carbocycles. The van der Waals surface area contributed by atoms with Gasteiger partial charge < -0.3 is 14.7 Å². The van der Waals surface area contributed by atoms with Gasteiger partial charge in [0.2, 0.25) is 0 Å². The van der Waals surface area contributed by atoms with Crippen molar-refractivity contribution in [2.75, 3.05) is 13.1 Å². The van der Waals surface area contributed by atoms with Crippen LogP contribution in [0, 0.1) is 5.92 Å². The molecule has 0 spiro atoms. The van der Waals surface area contributed by atoms with Gasteiger partial charge in [-0.15, -0.1) is 0 Å². The van der Waals surface area contributed by atoms with E-state index in [1.165, 1.54) is 4.90 Å². The molecule has 1 aromatic rings. The number of rotatable bonds is 7. The third-order valence-electron chi connectivity index (χ3n) is 3.08. The van der Waals surface area contributed by atoms with E-state index in [0.29, 0.717) is 17.3 Å². The summed E-state index contributed by atoms with van der Waals surface area (Å²) in [6, 6.07) is 6.72. The van der Waals surface area contributed by atoms with Gasteiger partial charge in [-0.2, -0.15) is 0 Å². The molecule has 0 aliphatic heterocycles. The van der Waals surface area contributed by atoms with E-state index in [1.807, 2.05) is 6.92 Å². The lowest BCUT2D eigenvalue weighted by Crippen LogP contribution is -2.43. The number of halogens is 1. The van der Waals surface area contributed by atoms with Crippen LogP contribution in [0.25, 0.3) is 0 Å². The van der Waals surface area contributed by atoms with Gasteiger partial charge in [0.25, 0.3) is 5.91 Å². The molecule has 116 valence electrons. The second-order valence-electron chi connectivity index (χ2n) is 4.83.